The molecule has 0 fully saturated rings. The van der Waals surface area contributed by atoms with E-state index < -0.39 is 0 Å². The maximum absolute atomic E-state index is 11.5. The molecule has 0 spiro atoms. The predicted octanol–water partition coefficient (Wildman–Crippen LogP) is 0.772. The fourth-order valence-corrected chi connectivity index (χ4v) is 1.57. The van der Waals surface area contributed by atoms with E-state index in [-0.39, 0.29) is 11.4 Å². The summed E-state index contributed by atoms with van der Waals surface area (Å²) in [5, 5.41) is 3.01. The summed E-state index contributed by atoms with van der Waals surface area (Å²) in [7, 11) is 0. The Bertz CT molecular complexity index is 242. The maximum atomic E-state index is 11.5. The second kappa shape index (κ2) is 6.69. The minimum atomic E-state index is -0.147. The Morgan fingerprint density at radius 2 is 1.81 bits per heavy atom. The second-order valence-corrected chi connectivity index (χ2v) is 5.08. The van der Waals surface area contributed by atoms with Gasteiger partial charge in [-0.1, -0.05) is 6.58 Å². The Morgan fingerprint density at radius 1 is 1.31 bits per heavy atom. The molecule has 0 bridgehead atoms. The van der Waals surface area contributed by atoms with Gasteiger partial charge in [0.15, 0.2) is 0 Å². The first-order valence-corrected chi connectivity index (χ1v) is 6.14. The van der Waals surface area contributed by atoms with Crippen molar-refractivity contribution in [2.75, 3.05) is 19.6 Å². The molecule has 94 valence electrons. The summed E-state index contributed by atoms with van der Waals surface area (Å²) in [6, 6.07) is 0. The molecule has 0 heterocycles. The molecule has 1 amide bonds. The minimum absolute atomic E-state index is 0.0421. The number of quaternary nitrogens is 1. The van der Waals surface area contributed by atoms with Crippen molar-refractivity contribution < 1.29 is 9.69 Å². The number of hydrogen-bond donors (Lipinski definition) is 2. The van der Waals surface area contributed by atoms with Crippen LogP contribution in [-0.2, 0) is 4.79 Å². The quantitative estimate of drug-likeness (QED) is 0.619. The average molecular weight is 227 g/mol. The van der Waals surface area contributed by atoms with Gasteiger partial charge in [0.2, 0.25) is 5.91 Å². The van der Waals surface area contributed by atoms with Gasteiger partial charge in [-0.2, -0.15) is 0 Å². The minimum Gasteiger partial charge on any atom is -0.347 e. The van der Waals surface area contributed by atoms with Crippen LogP contribution in [0, 0.1) is 0 Å². The zero-order chi connectivity index (χ0) is 12.8. The molecule has 0 rings (SSSR count). The highest BCUT2D eigenvalue weighted by Crippen LogP contribution is 2.07. The zero-order valence-corrected chi connectivity index (χ0v) is 11.4. The van der Waals surface area contributed by atoms with Gasteiger partial charge in [-0.3, -0.25) is 4.79 Å². The molecule has 0 atom stereocenters. The third-order valence-electron chi connectivity index (χ3n) is 2.94. The molecule has 0 aromatic carbocycles. The van der Waals surface area contributed by atoms with Crippen LogP contribution in [-0.4, -0.2) is 31.1 Å². The van der Waals surface area contributed by atoms with Crippen molar-refractivity contribution in [3.63, 3.8) is 0 Å². The normalized spacial score (nSPS) is 11.6. The van der Waals surface area contributed by atoms with Gasteiger partial charge in [0.1, 0.15) is 0 Å². The van der Waals surface area contributed by atoms with Crippen LogP contribution in [0.15, 0.2) is 12.2 Å². The smallest absolute Gasteiger partial charge is 0.246 e. The number of nitrogens with one attached hydrogen (secondary N) is 2. The van der Waals surface area contributed by atoms with Crippen LogP contribution in [0.3, 0.4) is 0 Å². The first kappa shape index (κ1) is 15.2. The highest BCUT2D eigenvalue weighted by molar-refractivity contribution is 5.92. The van der Waals surface area contributed by atoms with E-state index in [0.717, 1.165) is 26.1 Å². The Kier molecular flexibility index (Phi) is 6.34. The Labute approximate surface area is 99.9 Å². The van der Waals surface area contributed by atoms with Crippen molar-refractivity contribution in [3.05, 3.63) is 12.2 Å². The van der Waals surface area contributed by atoms with Gasteiger partial charge in [0.25, 0.3) is 0 Å². The lowest BCUT2D eigenvalue weighted by Gasteiger charge is -2.28. The molecule has 0 aromatic heterocycles. The van der Waals surface area contributed by atoms with Gasteiger partial charge in [0, 0.05) is 17.5 Å². The van der Waals surface area contributed by atoms with Crippen molar-refractivity contribution in [2.24, 2.45) is 0 Å². The summed E-state index contributed by atoms with van der Waals surface area (Å²) < 4.78 is 0. The number of carbonyl (C=O) groups excluding carboxylic acids is 1. The number of carbonyl (C=O) groups is 1. The summed E-state index contributed by atoms with van der Waals surface area (Å²) in [5.74, 6) is -0.0421. The molecule has 2 N–H and O–H groups in total. The van der Waals surface area contributed by atoms with Gasteiger partial charge in [-0.15, -0.1) is 0 Å². The zero-order valence-electron chi connectivity index (χ0n) is 11.4. The van der Waals surface area contributed by atoms with E-state index in [1.165, 1.54) is 0 Å². The summed E-state index contributed by atoms with van der Waals surface area (Å²) in [5.41, 5.74) is 0.425. The molecule has 0 aliphatic rings. The SMILES string of the molecule is C=C(C)C(=O)NC(C)(C)CC[NH+](CC)CC. The third-order valence-corrected chi connectivity index (χ3v) is 2.94. The van der Waals surface area contributed by atoms with Gasteiger partial charge in [0.05, 0.1) is 19.6 Å². The maximum Gasteiger partial charge on any atom is 0.246 e. The molecular weight excluding hydrogens is 200 g/mol. The van der Waals surface area contributed by atoms with Crippen LogP contribution < -0.4 is 10.2 Å². The third kappa shape index (κ3) is 5.91. The predicted molar refractivity (Wildman–Crippen MR) is 68.6 cm³/mol. The fourth-order valence-electron chi connectivity index (χ4n) is 1.57. The lowest BCUT2D eigenvalue weighted by atomic mass is 9.99. The molecule has 3 nitrogen and oxygen atoms in total. The van der Waals surface area contributed by atoms with E-state index in [2.05, 4.69) is 39.6 Å². The first-order chi connectivity index (χ1) is 7.32. The van der Waals surface area contributed by atoms with E-state index >= 15 is 0 Å². The molecule has 0 aliphatic heterocycles. The average Bonchev–Trinajstić information content (AvgIpc) is 2.18. The molecule has 16 heavy (non-hydrogen) atoms. The van der Waals surface area contributed by atoms with E-state index in [4.69, 9.17) is 0 Å². The first-order valence-electron chi connectivity index (χ1n) is 6.14. The lowest BCUT2D eigenvalue weighted by Crippen LogP contribution is -3.11. The second-order valence-electron chi connectivity index (χ2n) is 5.08. The van der Waals surface area contributed by atoms with Crippen molar-refractivity contribution in [3.8, 4) is 0 Å². The largest absolute Gasteiger partial charge is 0.347 e. The molecule has 3 heteroatoms. The van der Waals surface area contributed by atoms with E-state index in [0.29, 0.717) is 5.57 Å². The van der Waals surface area contributed by atoms with Crippen molar-refractivity contribution in [1.82, 2.24) is 5.32 Å². The summed E-state index contributed by atoms with van der Waals surface area (Å²) in [6.45, 7) is 17.3. The van der Waals surface area contributed by atoms with E-state index in [1.54, 1.807) is 11.8 Å². The van der Waals surface area contributed by atoms with Crippen LogP contribution in [0.1, 0.15) is 41.0 Å². The van der Waals surface area contributed by atoms with Crippen LogP contribution in [0.4, 0.5) is 0 Å². The summed E-state index contributed by atoms with van der Waals surface area (Å²) in [4.78, 5) is 13.1. The standard InChI is InChI=1S/C13H26N2O/c1-7-15(8-2)10-9-13(5,6)14-12(16)11(3)4/h3,7-10H2,1-2,4-6H3,(H,14,16)/p+1. The van der Waals surface area contributed by atoms with Crippen molar-refractivity contribution in [2.45, 2.75) is 46.6 Å². The van der Waals surface area contributed by atoms with E-state index in [9.17, 15) is 4.79 Å². The van der Waals surface area contributed by atoms with Crippen molar-refractivity contribution in [1.29, 1.82) is 0 Å². The van der Waals surface area contributed by atoms with Crippen molar-refractivity contribution >= 4 is 5.91 Å². The summed E-state index contributed by atoms with van der Waals surface area (Å²) in [6.07, 6.45) is 0.989. The summed E-state index contributed by atoms with van der Waals surface area (Å²) >= 11 is 0. The highest BCUT2D eigenvalue weighted by atomic mass is 16.1. The molecule has 0 aliphatic carbocycles. The topological polar surface area (TPSA) is 33.5 Å². The highest BCUT2D eigenvalue weighted by Gasteiger charge is 2.22. The Balaban J connectivity index is 4.13. The van der Waals surface area contributed by atoms with Crippen LogP contribution in [0.2, 0.25) is 0 Å². The van der Waals surface area contributed by atoms with Gasteiger partial charge in [-0.05, 0) is 34.6 Å². The van der Waals surface area contributed by atoms with Gasteiger partial charge in [-0.25, -0.2) is 0 Å². The Hall–Kier alpha value is -0.830. The molecular formula is C13H27N2O+. The van der Waals surface area contributed by atoms with Gasteiger partial charge >= 0.3 is 0 Å². The Morgan fingerprint density at radius 3 is 2.19 bits per heavy atom. The monoisotopic (exact) mass is 227 g/mol. The van der Waals surface area contributed by atoms with E-state index in [1.807, 2.05) is 0 Å². The van der Waals surface area contributed by atoms with Crippen LogP contribution >= 0.6 is 0 Å². The fraction of sp³-hybridized carbons (Fsp3) is 0.769. The lowest BCUT2D eigenvalue weighted by molar-refractivity contribution is -0.897. The molecule has 0 saturated heterocycles. The number of amides is 1. The number of hydrogen-bond acceptors (Lipinski definition) is 1. The molecule has 0 radical (unpaired) electrons. The van der Waals surface area contributed by atoms with Crippen LogP contribution in [0.25, 0.3) is 0 Å². The molecule has 0 aromatic rings. The molecule has 0 unspecified atom stereocenters. The van der Waals surface area contributed by atoms with Gasteiger partial charge < -0.3 is 10.2 Å². The number of rotatable bonds is 7. The molecule has 0 saturated carbocycles. The van der Waals surface area contributed by atoms with Crippen LogP contribution in [0.5, 0.6) is 0 Å².